The number of hydrogen-bond donors (Lipinski definition) is 1. The number of carbonyl (C=O) groups excluding carboxylic acids is 2. The van der Waals surface area contributed by atoms with Gasteiger partial charge in [0.05, 0.1) is 19.0 Å². The summed E-state index contributed by atoms with van der Waals surface area (Å²) in [6, 6.07) is 14.2. The predicted octanol–water partition coefficient (Wildman–Crippen LogP) is 2.41. The van der Waals surface area contributed by atoms with Crippen LogP contribution >= 0.6 is 0 Å². The van der Waals surface area contributed by atoms with E-state index in [0.29, 0.717) is 17.2 Å². The van der Waals surface area contributed by atoms with Crippen molar-refractivity contribution >= 4 is 17.6 Å². The zero-order valence-corrected chi connectivity index (χ0v) is 15.5. The van der Waals surface area contributed by atoms with Gasteiger partial charge < -0.3 is 24.3 Å². The van der Waals surface area contributed by atoms with Gasteiger partial charge in [-0.05, 0) is 24.3 Å². The maximum atomic E-state index is 12.4. The van der Waals surface area contributed by atoms with Crippen molar-refractivity contribution < 1.29 is 28.5 Å². The third-order valence-corrected chi connectivity index (χ3v) is 4.11. The molecule has 1 aliphatic heterocycles. The molecule has 1 aromatic heterocycles. The van der Waals surface area contributed by atoms with Gasteiger partial charge in [-0.15, -0.1) is 0 Å². The zero-order valence-electron chi connectivity index (χ0n) is 15.5. The minimum atomic E-state index is -0.766. The lowest BCUT2D eigenvalue weighted by atomic mass is 10.3. The van der Waals surface area contributed by atoms with E-state index < -0.39 is 18.5 Å². The number of nitrogens with zero attached hydrogens (tertiary/aromatic N) is 2. The molecule has 29 heavy (non-hydrogen) atoms. The van der Waals surface area contributed by atoms with Gasteiger partial charge >= 0.3 is 5.97 Å². The minimum Gasteiger partial charge on any atom is -0.493 e. The van der Waals surface area contributed by atoms with E-state index in [0.717, 1.165) is 5.69 Å². The number of ether oxygens (including phenoxy) is 4. The monoisotopic (exact) mass is 395 g/mol. The molecule has 0 spiro atoms. The van der Waals surface area contributed by atoms with Crippen LogP contribution in [0.25, 0.3) is 5.69 Å². The van der Waals surface area contributed by atoms with Crippen molar-refractivity contribution in [1.29, 1.82) is 0 Å². The smallest absolute Gasteiger partial charge is 0.363 e. The molecule has 1 N–H and O–H groups in total. The van der Waals surface area contributed by atoms with Crippen molar-refractivity contribution in [3.63, 3.8) is 0 Å². The Morgan fingerprint density at radius 1 is 1.14 bits per heavy atom. The Kier molecular flexibility index (Phi) is 5.02. The number of fused-ring (bicyclic) bond motifs is 1. The molecule has 3 aromatic rings. The van der Waals surface area contributed by atoms with Crippen LogP contribution in [0.4, 0.5) is 5.69 Å². The fraction of sp³-hybridized carbons (Fsp3) is 0.150. The van der Waals surface area contributed by atoms with Crippen molar-refractivity contribution in [2.75, 3.05) is 25.8 Å². The number of hydrogen-bond acceptors (Lipinski definition) is 7. The van der Waals surface area contributed by atoms with Crippen LogP contribution in [0.15, 0.2) is 54.7 Å². The van der Waals surface area contributed by atoms with E-state index in [4.69, 9.17) is 18.9 Å². The van der Waals surface area contributed by atoms with Crippen LogP contribution in [0.3, 0.4) is 0 Å². The molecule has 4 rings (SSSR count). The number of amides is 1. The third-order valence-electron chi connectivity index (χ3n) is 4.11. The molecule has 0 saturated carbocycles. The summed E-state index contributed by atoms with van der Waals surface area (Å²) in [5.74, 6) is 0.123. The summed E-state index contributed by atoms with van der Waals surface area (Å²) in [7, 11) is 1.43. The Morgan fingerprint density at radius 3 is 2.72 bits per heavy atom. The number of anilines is 1. The third kappa shape index (κ3) is 3.98. The summed E-state index contributed by atoms with van der Waals surface area (Å²) in [6.45, 7) is -0.337. The molecule has 1 aliphatic rings. The molecule has 0 fully saturated rings. The van der Waals surface area contributed by atoms with Gasteiger partial charge in [0.1, 0.15) is 0 Å². The van der Waals surface area contributed by atoms with Crippen LogP contribution in [-0.4, -0.2) is 42.2 Å². The van der Waals surface area contributed by atoms with E-state index in [-0.39, 0.29) is 18.2 Å². The second kappa shape index (κ2) is 7.93. The second-order valence-electron chi connectivity index (χ2n) is 6.02. The molecule has 2 aromatic carbocycles. The maximum Gasteiger partial charge on any atom is 0.363 e. The molecular formula is C20H17N3O6. The molecular weight excluding hydrogens is 378 g/mol. The molecule has 0 unspecified atom stereocenters. The summed E-state index contributed by atoms with van der Waals surface area (Å²) < 4.78 is 22.3. The highest BCUT2D eigenvalue weighted by molar-refractivity contribution is 5.96. The number of carbonyl (C=O) groups is 2. The van der Waals surface area contributed by atoms with Gasteiger partial charge in [0.15, 0.2) is 23.9 Å². The van der Waals surface area contributed by atoms with Gasteiger partial charge in [0, 0.05) is 11.8 Å². The quantitative estimate of drug-likeness (QED) is 0.640. The Labute approximate surface area is 165 Å². The largest absolute Gasteiger partial charge is 0.493 e. The first-order valence-electron chi connectivity index (χ1n) is 8.70. The summed E-state index contributed by atoms with van der Waals surface area (Å²) in [6.07, 6.45) is 1.57. The van der Waals surface area contributed by atoms with Gasteiger partial charge in [-0.25, -0.2) is 9.48 Å². The van der Waals surface area contributed by atoms with Crippen LogP contribution in [0.5, 0.6) is 17.2 Å². The van der Waals surface area contributed by atoms with Gasteiger partial charge in [0.25, 0.3) is 5.91 Å². The Balaban J connectivity index is 1.39. The normalized spacial score (nSPS) is 11.8. The zero-order chi connectivity index (χ0) is 20.2. The van der Waals surface area contributed by atoms with E-state index in [9.17, 15) is 9.59 Å². The van der Waals surface area contributed by atoms with Crippen LogP contribution in [0.1, 0.15) is 10.5 Å². The average molecular weight is 395 g/mol. The van der Waals surface area contributed by atoms with Crippen LogP contribution in [-0.2, 0) is 9.53 Å². The van der Waals surface area contributed by atoms with E-state index in [2.05, 4.69) is 10.4 Å². The van der Waals surface area contributed by atoms with Crippen LogP contribution < -0.4 is 19.5 Å². The molecule has 0 radical (unpaired) electrons. The average Bonchev–Trinajstić information content (AvgIpc) is 3.39. The summed E-state index contributed by atoms with van der Waals surface area (Å²) in [4.78, 5) is 24.5. The number of aromatic nitrogens is 2. The summed E-state index contributed by atoms with van der Waals surface area (Å²) >= 11 is 0. The first-order valence-corrected chi connectivity index (χ1v) is 8.70. The first kappa shape index (κ1) is 18.4. The summed E-state index contributed by atoms with van der Waals surface area (Å²) in [5, 5.41) is 6.84. The van der Waals surface area contributed by atoms with E-state index in [1.54, 1.807) is 24.4 Å². The SMILES string of the molecule is COc1cn(-c2ccccc2)nc1C(=O)OCC(=O)Nc1ccc2c(c1)OCO2. The van der Waals surface area contributed by atoms with E-state index in [1.165, 1.54) is 11.8 Å². The van der Waals surface area contributed by atoms with Crippen molar-refractivity contribution in [3.8, 4) is 22.9 Å². The fourth-order valence-electron chi connectivity index (χ4n) is 2.73. The Morgan fingerprint density at radius 2 is 1.93 bits per heavy atom. The number of nitrogens with one attached hydrogen (secondary N) is 1. The Hall–Kier alpha value is -4.01. The molecule has 0 atom stereocenters. The Bertz CT molecular complexity index is 1050. The standard InChI is InChI=1S/C20H17N3O6/c1-26-17-10-23(14-5-3-2-4-6-14)22-19(17)20(25)27-11-18(24)21-13-7-8-15-16(9-13)29-12-28-15/h2-10H,11-12H2,1H3,(H,21,24). The van der Waals surface area contributed by atoms with Crippen LogP contribution in [0.2, 0.25) is 0 Å². The number of rotatable bonds is 6. The molecule has 1 amide bonds. The van der Waals surface area contributed by atoms with Crippen LogP contribution in [0, 0.1) is 0 Å². The highest BCUT2D eigenvalue weighted by atomic mass is 16.7. The topological polar surface area (TPSA) is 101 Å². The second-order valence-corrected chi connectivity index (χ2v) is 6.02. The fourth-order valence-corrected chi connectivity index (χ4v) is 2.73. The molecule has 0 saturated heterocycles. The molecule has 0 aliphatic carbocycles. The summed E-state index contributed by atoms with van der Waals surface area (Å²) in [5.41, 5.74) is 1.24. The highest BCUT2D eigenvalue weighted by Crippen LogP contribution is 2.34. The number of esters is 1. The number of benzene rings is 2. The first-order chi connectivity index (χ1) is 14.1. The van der Waals surface area contributed by atoms with Gasteiger partial charge in [0.2, 0.25) is 12.5 Å². The van der Waals surface area contributed by atoms with Crippen molar-refractivity contribution in [2.24, 2.45) is 0 Å². The lowest BCUT2D eigenvalue weighted by Gasteiger charge is -2.07. The lowest BCUT2D eigenvalue weighted by Crippen LogP contribution is -2.21. The molecule has 9 nitrogen and oxygen atoms in total. The molecule has 2 heterocycles. The molecule has 0 bridgehead atoms. The predicted molar refractivity (Wildman–Crippen MR) is 102 cm³/mol. The van der Waals surface area contributed by atoms with Crippen molar-refractivity contribution in [1.82, 2.24) is 9.78 Å². The lowest BCUT2D eigenvalue weighted by molar-refractivity contribution is -0.119. The van der Waals surface area contributed by atoms with Gasteiger partial charge in [-0.2, -0.15) is 5.10 Å². The molecule has 148 valence electrons. The minimum absolute atomic E-state index is 0.0211. The van der Waals surface area contributed by atoms with Gasteiger partial charge in [-0.1, -0.05) is 18.2 Å². The number of methoxy groups -OCH3 is 1. The molecule has 9 heteroatoms. The maximum absolute atomic E-state index is 12.4. The number of para-hydroxylation sites is 1. The van der Waals surface area contributed by atoms with Crippen molar-refractivity contribution in [2.45, 2.75) is 0 Å². The van der Waals surface area contributed by atoms with E-state index in [1.807, 2.05) is 30.3 Å². The van der Waals surface area contributed by atoms with E-state index >= 15 is 0 Å². The van der Waals surface area contributed by atoms with Crippen molar-refractivity contribution in [3.05, 3.63) is 60.4 Å². The highest BCUT2D eigenvalue weighted by Gasteiger charge is 2.21. The van der Waals surface area contributed by atoms with Gasteiger partial charge in [-0.3, -0.25) is 4.79 Å².